The molecule has 4 aromatic rings. The Morgan fingerprint density at radius 1 is 0.921 bits per heavy atom. The molecule has 1 unspecified atom stereocenters. The molecule has 0 bridgehead atoms. The Kier molecular flexibility index (Phi) is 8.75. The minimum Gasteiger partial charge on any atom is -0.497 e. The van der Waals surface area contributed by atoms with E-state index >= 15 is 0 Å². The molecule has 2 N–H and O–H groups in total. The van der Waals surface area contributed by atoms with Crippen LogP contribution in [0.4, 0.5) is 10.5 Å². The summed E-state index contributed by atoms with van der Waals surface area (Å²) in [7, 11) is 4.77. The smallest absolute Gasteiger partial charge is 0.319 e. The van der Waals surface area contributed by atoms with Crippen LogP contribution in [0.2, 0.25) is 0 Å². The van der Waals surface area contributed by atoms with E-state index in [0.717, 1.165) is 27.7 Å². The molecule has 0 aliphatic carbocycles. The summed E-state index contributed by atoms with van der Waals surface area (Å²) in [6, 6.07) is 20.4. The molecule has 1 heterocycles. The predicted molar refractivity (Wildman–Crippen MR) is 149 cm³/mol. The first-order valence-electron chi connectivity index (χ1n) is 12.0. The van der Waals surface area contributed by atoms with Crippen molar-refractivity contribution >= 4 is 23.5 Å². The van der Waals surface area contributed by atoms with Gasteiger partial charge in [0.1, 0.15) is 17.2 Å². The molecule has 0 aliphatic heterocycles. The number of aromatic nitrogens is 3. The van der Waals surface area contributed by atoms with Crippen molar-refractivity contribution in [2.24, 2.45) is 0 Å². The van der Waals surface area contributed by atoms with Crippen LogP contribution in [0.5, 0.6) is 17.2 Å². The maximum Gasteiger partial charge on any atom is 0.319 e. The van der Waals surface area contributed by atoms with E-state index < -0.39 is 12.1 Å². The number of carbonyl (C=O) groups excluding carboxylic acids is 1. The summed E-state index contributed by atoms with van der Waals surface area (Å²) in [4.78, 5) is 12.9. The molecule has 0 fully saturated rings. The zero-order chi connectivity index (χ0) is 27.1. The third-order valence-corrected chi connectivity index (χ3v) is 6.80. The minimum absolute atomic E-state index is 0.392. The number of rotatable bonds is 10. The molecule has 198 valence electrons. The Bertz CT molecular complexity index is 1370. The van der Waals surface area contributed by atoms with Gasteiger partial charge in [0.05, 0.1) is 27.4 Å². The van der Waals surface area contributed by atoms with Crippen LogP contribution >= 0.6 is 11.8 Å². The average molecular weight is 534 g/mol. The molecule has 10 heteroatoms. The molecule has 1 aromatic heterocycles. The number of hydrogen-bond donors (Lipinski definition) is 2. The molecule has 9 nitrogen and oxygen atoms in total. The number of nitrogens with one attached hydrogen (secondary N) is 2. The van der Waals surface area contributed by atoms with Gasteiger partial charge in [-0.05, 0) is 43.7 Å². The molecular weight excluding hydrogens is 502 g/mol. The first kappa shape index (κ1) is 26.9. The number of ether oxygens (including phenoxy) is 3. The van der Waals surface area contributed by atoms with Gasteiger partial charge in [-0.3, -0.25) is 4.57 Å². The largest absolute Gasteiger partial charge is 0.497 e. The van der Waals surface area contributed by atoms with Gasteiger partial charge in [0, 0.05) is 35.3 Å². The summed E-state index contributed by atoms with van der Waals surface area (Å²) < 4.78 is 17.9. The molecule has 0 spiro atoms. The normalized spacial score (nSPS) is 11.5. The van der Waals surface area contributed by atoms with E-state index in [-0.39, 0.29) is 0 Å². The number of aryl methyl sites for hydroxylation is 1. The van der Waals surface area contributed by atoms with Gasteiger partial charge in [0.25, 0.3) is 0 Å². The molecule has 1 atom stereocenters. The fraction of sp³-hybridized carbons (Fsp3) is 0.250. The van der Waals surface area contributed by atoms with Crippen LogP contribution < -0.4 is 24.8 Å². The number of benzene rings is 3. The van der Waals surface area contributed by atoms with E-state index in [1.54, 1.807) is 51.3 Å². The van der Waals surface area contributed by atoms with E-state index in [0.29, 0.717) is 28.8 Å². The topological polar surface area (TPSA) is 99.5 Å². The van der Waals surface area contributed by atoms with Crippen molar-refractivity contribution in [2.45, 2.75) is 30.8 Å². The molecule has 0 saturated heterocycles. The van der Waals surface area contributed by atoms with Crippen molar-refractivity contribution in [2.75, 3.05) is 26.6 Å². The summed E-state index contributed by atoms with van der Waals surface area (Å²) >= 11 is 1.56. The lowest BCUT2D eigenvalue weighted by Crippen LogP contribution is -2.32. The molecule has 4 rings (SSSR count). The first-order valence-corrected chi connectivity index (χ1v) is 13.0. The Hall–Kier alpha value is -4.18. The van der Waals surface area contributed by atoms with Crippen LogP contribution in [0.25, 0.3) is 5.69 Å². The highest BCUT2D eigenvalue weighted by Crippen LogP contribution is 2.29. The fourth-order valence-electron chi connectivity index (χ4n) is 3.81. The Balaban J connectivity index is 1.55. The van der Waals surface area contributed by atoms with Gasteiger partial charge in [-0.15, -0.1) is 10.2 Å². The third-order valence-electron chi connectivity index (χ3n) is 5.80. The van der Waals surface area contributed by atoms with Gasteiger partial charge in [-0.1, -0.05) is 41.6 Å². The average Bonchev–Trinajstić information content (AvgIpc) is 3.36. The number of urea groups is 1. The zero-order valence-corrected chi connectivity index (χ0v) is 22.8. The Morgan fingerprint density at radius 3 is 2.26 bits per heavy atom. The number of methoxy groups -OCH3 is 3. The van der Waals surface area contributed by atoms with E-state index in [9.17, 15) is 4.79 Å². The summed E-state index contributed by atoms with van der Waals surface area (Å²) in [5.74, 6) is 3.25. The van der Waals surface area contributed by atoms with E-state index in [4.69, 9.17) is 14.2 Å². The summed E-state index contributed by atoms with van der Waals surface area (Å²) in [5.41, 5.74) is 3.71. The molecule has 38 heavy (non-hydrogen) atoms. The standard InChI is InChI=1S/C28H31N5O4S/c1-18-9-11-22(12-10-18)33-26(31-32-28(33)38-17-20-7-6-8-23(13-20)35-3)19(2)29-27(34)30-21-14-24(36-4)16-25(15-21)37-5/h6-16,19H,17H2,1-5H3,(H2,29,30,34). The van der Waals surface area contributed by atoms with Crippen LogP contribution in [0.3, 0.4) is 0 Å². The summed E-state index contributed by atoms with van der Waals surface area (Å²) in [5, 5.41) is 15.5. The highest BCUT2D eigenvalue weighted by Gasteiger charge is 2.21. The lowest BCUT2D eigenvalue weighted by atomic mass is 10.2. The number of thioether (sulfide) groups is 1. The van der Waals surface area contributed by atoms with Gasteiger partial charge in [0.2, 0.25) is 0 Å². The number of nitrogens with zero attached hydrogens (tertiary/aromatic N) is 3. The van der Waals surface area contributed by atoms with Gasteiger partial charge in [0.15, 0.2) is 11.0 Å². The quantitative estimate of drug-likeness (QED) is 0.249. The molecular formula is C28H31N5O4S. The fourth-order valence-corrected chi connectivity index (χ4v) is 4.71. The van der Waals surface area contributed by atoms with Gasteiger partial charge < -0.3 is 24.8 Å². The predicted octanol–water partition coefficient (Wildman–Crippen LogP) is 5.78. The third kappa shape index (κ3) is 6.57. The highest BCUT2D eigenvalue weighted by molar-refractivity contribution is 7.98. The number of anilines is 1. The van der Waals surface area contributed by atoms with Crippen molar-refractivity contribution in [1.29, 1.82) is 0 Å². The van der Waals surface area contributed by atoms with Crippen molar-refractivity contribution in [3.05, 3.63) is 83.7 Å². The molecule has 0 radical (unpaired) electrons. The van der Waals surface area contributed by atoms with E-state index in [1.165, 1.54) is 0 Å². The Labute approximate surface area is 226 Å². The van der Waals surface area contributed by atoms with E-state index in [1.807, 2.05) is 66.9 Å². The van der Waals surface area contributed by atoms with Crippen molar-refractivity contribution < 1.29 is 19.0 Å². The van der Waals surface area contributed by atoms with Crippen molar-refractivity contribution in [3.8, 4) is 22.9 Å². The monoisotopic (exact) mass is 533 g/mol. The lowest BCUT2D eigenvalue weighted by Gasteiger charge is -2.17. The van der Waals surface area contributed by atoms with Crippen molar-refractivity contribution in [1.82, 2.24) is 20.1 Å². The van der Waals surface area contributed by atoms with Crippen LogP contribution in [0, 0.1) is 6.92 Å². The zero-order valence-electron chi connectivity index (χ0n) is 22.0. The summed E-state index contributed by atoms with van der Waals surface area (Å²) in [6.45, 7) is 3.91. The molecule has 3 aromatic carbocycles. The second-order valence-electron chi connectivity index (χ2n) is 8.57. The minimum atomic E-state index is -0.442. The number of carbonyl (C=O) groups is 1. The lowest BCUT2D eigenvalue weighted by molar-refractivity contribution is 0.248. The molecule has 0 aliphatic rings. The van der Waals surface area contributed by atoms with Crippen LogP contribution in [0.15, 0.2) is 71.9 Å². The second kappa shape index (κ2) is 12.4. The van der Waals surface area contributed by atoms with Gasteiger partial charge >= 0.3 is 6.03 Å². The first-order chi connectivity index (χ1) is 18.4. The highest BCUT2D eigenvalue weighted by atomic mass is 32.2. The maximum atomic E-state index is 12.9. The maximum absolute atomic E-state index is 12.9. The molecule has 2 amide bonds. The molecule has 0 saturated carbocycles. The van der Waals surface area contributed by atoms with Crippen LogP contribution in [0.1, 0.15) is 29.9 Å². The second-order valence-corrected chi connectivity index (χ2v) is 9.52. The SMILES string of the molecule is COc1cccc(CSc2nnc(C(C)NC(=O)Nc3cc(OC)cc(OC)c3)n2-c2ccc(C)cc2)c1. The van der Waals surface area contributed by atoms with Gasteiger partial charge in [-0.2, -0.15) is 0 Å². The van der Waals surface area contributed by atoms with Crippen LogP contribution in [-0.2, 0) is 5.75 Å². The number of amides is 2. The Morgan fingerprint density at radius 2 is 1.61 bits per heavy atom. The van der Waals surface area contributed by atoms with Gasteiger partial charge in [-0.25, -0.2) is 4.79 Å². The van der Waals surface area contributed by atoms with E-state index in [2.05, 4.69) is 20.8 Å². The van der Waals surface area contributed by atoms with Crippen LogP contribution in [-0.4, -0.2) is 42.1 Å². The number of hydrogen-bond acceptors (Lipinski definition) is 7. The summed E-state index contributed by atoms with van der Waals surface area (Å²) in [6.07, 6.45) is 0. The van der Waals surface area contributed by atoms with Crippen molar-refractivity contribution in [3.63, 3.8) is 0 Å².